The van der Waals surface area contributed by atoms with E-state index in [0.717, 1.165) is 10.6 Å². The van der Waals surface area contributed by atoms with Gasteiger partial charge in [-0.3, -0.25) is 4.57 Å². The molecule has 8 nitrogen and oxygen atoms in total. The zero-order chi connectivity index (χ0) is 23.6. The van der Waals surface area contributed by atoms with Gasteiger partial charge in [0.05, 0.1) is 34.0 Å². The van der Waals surface area contributed by atoms with Crippen LogP contribution in [0.4, 0.5) is 18.0 Å². The van der Waals surface area contributed by atoms with Crippen molar-refractivity contribution in [2.75, 3.05) is 6.54 Å². The largest absolute Gasteiger partial charge is 0.494 e. The number of amides is 1. The fourth-order valence-electron chi connectivity index (χ4n) is 4.72. The van der Waals surface area contributed by atoms with Gasteiger partial charge in [0.25, 0.3) is 0 Å². The average Bonchev–Trinajstić information content (AvgIpc) is 3.21. The maximum Gasteiger partial charge on any atom is 0.417 e. The van der Waals surface area contributed by atoms with Gasteiger partial charge in [-0.05, 0) is 39.0 Å². The highest BCUT2D eigenvalue weighted by atomic mass is 19.4. The zero-order valence-electron chi connectivity index (χ0n) is 17.4. The van der Waals surface area contributed by atoms with E-state index >= 15 is 0 Å². The fourth-order valence-corrected chi connectivity index (χ4v) is 4.72. The molecule has 3 atom stereocenters. The van der Waals surface area contributed by atoms with E-state index in [1.165, 1.54) is 12.1 Å². The molecule has 2 bridgehead atoms. The lowest BCUT2D eigenvalue weighted by molar-refractivity contribution is -0.137. The molecule has 0 spiro atoms. The van der Waals surface area contributed by atoms with Crippen LogP contribution in [0.25, 0.3) is 5.69 Å². The Balaban J connectivity index is 1.85. The van der Waals surface area contributed by atoms with Gasteiger partial charge < -0.3 is 25.0 Å². The fraction of sp³-hybridized carbons (Fsp3) is 0.429. The van der Waals surface area contributed by atoms with E-state index in [4.69, 9.17) is 14.7 Å². The van der Waals surface area contributed by atoms with E-state index in [0.29, 0.717) is 12.6 Å². The summed E-state index contributed by atoms with van der Waals surface area (Å²) in [5, 5.41) is 33.4. The van der Waals surface area contributed by atoms with Crippen molar-refractivity contribution < 1.29 is 37.7 Å². The lowest BCUT2D eigenvalue weighted by Gasteiger charge is -2.29. The number of benzene rings is 1. The first-order valence-corrected chi connectivity index (χ1v) is 9.81. The van der Waals surface area contributed by atoms with Crippen LogP contribution in [0.3, 0.4) is 0 Å². The Bertz CT molecular complexity index is 1170. The number of hydrogen-bond donors (Lipinski definition) is 3. The molecule has 11 heteroatoms. The number of carbonyl (C=O) groups is 1. The van der Waals surface area contributed by atoms with Gasteiger partial charge in [0.2, 0.25) is 11.8 Å². The maximum absolute atomic E-state index is 13.4. The highest BCUT2D eigenvalue weighted by molar-refractivity contribution is 5.68. The summed E-state index contributed by atoms with van der Waals surface area (Å²) >= 11 is 0. The number of fused-ring (bicyclic) bond motifs is 5. The first-order chi connectivity index (χ1) is 14.9. The van der Waals surface area contributed by atoms with Crippen molar-refractivity contribution in [3.63, 3.8) is 0 Å². The number of alkyl halides is 3. The number of carbonyl (C=O) groups excluding carboxylic acids is 1. The van der Waals surface area contributed by atoms with Gasteiger partial charge in [0, 0.05) is 13.0 Å². The van der Waals surface area contributed by atoms with Crippen LogP contribution in [0.15, 0.2) is 18.2 Å². The van der Waals surface area contributed by atoms with Crippen LogP contribution < -0.4 is 5.32 Å². The van der Waals surface area contributed by atoms with Gasteiger partial charge >= 0.3 is 12.3 Å². The number of nitrogens with zero attached hydrogens (tertiary/aromatic N) is 2. The molecule has 0 aliphatic carbocycles. The topological polar surface area (TPSA) is 117 Å². The normalized spacial score (nSPS) is 26.0. The summed E-state index contributed by atoms with van der Waals surface area (Å²) in [4.78, 5) is 12.0. The summed E-state index contributed by atoms with van der Waals surface area (Å²) < 4.78 is 52.7. The summed E-state index contributed by atoms with van der Waals surface area (Å²) in [5.41, 5.74) is -4.10. The molecule has 0 saturated carbocycles. The predicted octanol–water partition coefficient (Wildman–Crippen LogP) is 3.76. The minimum Gasteiger partial charge on any atom is -0.494 e. The van der Waals surface area contributed by atoms with Crippen molar-refractivity contribution >= 4 is 6.09 Å². The molecular weight excluding hydrogens is 431 g/mol. The van der Waals surface area contributed by atoms with Crippen molar-refractivity contribution in [1.29, 1.82) is 5.26 Å². The molecule has 1 fully saturated rings. The molecule has 2 aliphatic rings. The van der Waals surface area contributed by atoms with E-state index in [1.54, 1.807) is 20.8 Å². The lowest BCUT2D eigenvalue weighted by Crippen LogP contribution is -2.39. The Morgan fingerprint density at radius 1 is 1.34 bits per heavy atom. The van der Waals surface area contributed by atoms with Crippen LogP contribution in [0.2, 0.25) is 0 Å². The van der Waals surface area contributed by atoms with E-state index < -0.39 is 52.5 Å². The van der Waals surface area contributed by atoms with Crippen LogP contribution >= 0.6 is 0 Å². The highest BCUT2D eigenvalue weighted by Crippen LogP contribution is 2.65. The standard InChI is InChI=1S/C21H20F3N3O5/c1-4-26-18(30)31-13-8-19(2)14-15(20(13,3)32-19)17(29)27(16(14)28)11-6-5-10(9-25)12(7-11)21(22,23)24/h5-7,13,28-29H,4,8H2,1-3H3,(H,26,30)/t13-,19?,20?/m1/s1. The molecule has 2 unspecified atom stereocenters. The molecule has 3 N–H and O–H groups in total. The van der Waals surface area contributed by atoms with E-state index in [1.807, 2.05) is 0 Å². The summed E-state index contributed by atoms with van der Waals surface area (Å²) in [6.07, 6.45) is -6.12. The van der Waals surface area contributed by atoms with Crippen molar-refractivity contribution in [3.8, 4) is 23.5 Å². The first kappa shape index (κ1) is 21.8. The van der Waals surface area contributed by atoms with Crippen molar-refractivity contribution in [3.05, 3.63) is 40.5 Å². The average molecular weight is 451 g/mol. The summed E-state index contributed by atoms with van der Waals surface area (Å²) in [5.74, 6) is -1.02. The van der Waals surface area contributed by atoms with Gasteiger partial charge in [-0.1, -0.05) is 0 Å². The van der Waals surface area contributed by atoms with Gasteiger partial charge in [-0.15, -0.1) is 0 Å². The third kappa shape index (κ3) is 2.90. The SMILES string of the molecule is CCNC(=O)O[C@@H]1CC2(C)OC1(C)c1c2c(O)n(-c2ccc(C#N)c(C(F)(F)F)c2)c1O. The Morgan fingerprint density at radius 2 is 2.00 bits per heavy atom. The van der Waals surface area contributed by atoms with E-state index in [2.05, 4.69) is 5.32 Å². The molecule has 32 heavy (non-hydrogen) atoms. The van der Waals surface area contributed by atoms with Gasteiger partial charge in [-0.25, -0.2) is 4.79 Å². The van der Waals surface area contributed by atoms with Crippen LogP contribution in [0.1, 0.15) is 49.4 Å². The Morgan fingerprint density at radius 3 is 2.59 bits per heavy atom. The van der Waals surface area contributed by atoms with Crippen molar-refractivity contribution in [2.24, 2.45) is 0 Å². The second-order valence-electron chi connectivity index (χ2n) is 8.14. The Kier molecular flexibility index (Phi) is 4.64. The second-order valence-corrected chi connectivity index (χ2v) is 8.14. The number of nitriles is 1. The minimum atomic E-state index is -4.81. The quantitative estimate of drug-likeness (QED) is 0.654. The third-order valence-corrected chi connectivity index (χ3v) is 6.03. The van der Waals surface area contributed by atoms with Crippen LogP contribution in [-0.4, -0.2) is 33.5 Å². The number of nitrogens with one attached hydrogen (secondary N) is 1. The van der Waals surface area contributed by atoms with Crippen molar-refractivity contribution in [1.82, 2.24) is 9.88 Å². The Hall–Kier alpha value is -3.39. The van der Waals surface area contributed by atoms with E-state index in [-0.39, 0.29) is 23.2 Å². The molecule has 0 radical (unpaired) electrons. The predicted molar refractivity (Wildman–Crippen MR) is 103 cm³/mol. The van der Waals surface area contributed by atoms with Gasteiger partial charge in [0.1, 0.15) is 17.3 Å². The second kappa shape index (κ2) is 6.80. The third-order valence-electron chi connectivity index (χ3n) is 6.03. The summed E-state index contributed by atoms with van der Waals surface area (Å²) in [6.45, 7) is 5.28. The number of rotatable bonds is 3. The van der Waals surface area contributed by atoms with Crippen LogP contribution in [-0.2, 0) is 26.9 Å². The number of ether oxygens (including phenoxy) is 2. The monoisotopic (exact) mass is 451 g/mol. The van der Waals surface area contributed by atoms with Crippen LogP contribution in [0.5, 0.6) is 11.8 Å². The first-order valence-electron chi connectivity index (χ1n) is 9.81. The molecule has 1 saturated heterocycles. The Labute approximate surface area is 180 Å². The molecular formula is C21H20F3N3O5. The zero-order valence-corrected chi connectivity index (χ0v) is 17.4. The molecule has 2 aliphatic heterocycles. The molecule has 1 amide bonds. The number of alkyl carbamates (subject to hydrolysis) is 1. The summed E-state index contributed by atoms with van der Waals surface area (Å²) in [6, 6.07) is 4.34. The molecule has 170 valence electrons. The molecule has 1 aromatic carbocycles. The number of aromatic hydroxyl groups is 2. The molecule has 1 aromatic heterocycles. The van der Waals surface area contributed by atoms with Gasteiger partial charge in [-0.2, -0.15) is 18.4 Å². The van der Waals surface area contributed by atoms with Crippen molar-refractivity contribution in [2.45, 2.75) is 50.7 Å². The molecule has 3 heterocycles. The maximum atomic E-state index is 13.4. The molecule has 2 aromatic rings. The lowest BCUT2D eigenvalue weighted by atomic mass is 9.78. The number of hydrogen-bond acceptors (Lipinski definition) is 6. The highest BCUT2D eigenvalue weighted by Gasteiger charge is 2.66. The van der Waals surface area contributed by atoms with E-state index in [9.17, 15) is 28.2 Å². The number of halogens is 3. The molecule has 4 rings (SSSR count). The van der Waals surface area contributed by atoms with Crippen LogP contribution in [0, 0.1) is 11.3 Å². The summed E-state index contributed by atoms with van der Waals surface area (Å²) in [7, 11) is 0. The van der Waals surface area contributed by atoms with Gasteiger partial charge in [0.15, 0.2) is 0 Å². The number of aromatic nitrogens is 1. The minimum absolute atomic E-state index is 0.135. The smallest absolute Gasteiger partial charge is 0.417 e.